The van der Waals surface area contributed by atoms with Gasteiger partial charge in [0.2, 0.25) is 11.8 Å². The lowest BCUT2D eigenvalue weighted by atomic mass is 9.79. The van der Waals surface area contributed by atoms with E-state index in [9.17, 15) is 9.59 Å². The van der Waals surface area contributed by atoms with E-state index < -0.39 is 5.41 Å². The van der Waals surface area contributed by atoms with Crippen molar-refractivity contribution in [3.63, 3.8) is 0 Å². The molecule has 1 aromatic heterocycles. The predicted molar refractivity (Wildman–Crippen MR) is 83.9 cm³/mol. The molecule has 0 radical (unpaired) electrons. The van der Waals surface area contributed by atoms with Gasteiger partial charge < -0.3 is 0 Å². The van der Waals surface area contributed by atoms with E-state index in [4.69, 9.17) is 0 Å². The van der Waals surface area contributed by atoms with Crippen LogP contribution >= 0.6 is 15.9 Å². The van der Waals surface area contributed by atoms with Gasteiger partial charge in [-0.3, -0.25) is 9.59 Å². The number of hydrogen-bond donors (Lipinski definition) is 0. The van der Waals surface area contributed by atoms with E-state index in [-0.39, 0.29) is 11.8 Å². The van der Waals surface area contributed by atoms with Crippen LogP contribution in [0.3, 0.4) is 0 Å². The van der Waals surface area contributed by atoms with Crippen LogP contribution in [0.2, 0.25) is 0 Å². The van der Waals surface area contributed by atoms with Gasteiger partial charge in [-0.1, -0.05) is 25.7 Å². The Bertz CT molecular complexity index is 592. The molecule has 5 heteroatoms. The maximum absolute atomic E-state index is 12.9. The molecule has 0 unspecified atom stereocenters. The summed E-state index contributed by atoms with van der Waals surface area (Å²) < 4.78 is 0.884. The Morgan fingerprint density at radius 3 is 2.43 bits per heavy atom. The quantitative estimate of drug-likeness (QED) is 0.724. The van der Waals surface area contributed by atoms with E-state index >= 15 is 0 Å². The number of carbonyl (C=O) groups excluding carboxylic acids is 2. The molecule has 2 heterocycles. The van der Waals surface area contributed by atoms with Crippen LogP contribution in [0.1, 0.15) is 50.6 Å². The molecule has 0 aromatic carbocycles. The SMILES string of the molecule is Cc1nc(N2C(=O)CC3(CCCCCC3)C2=O)ccc1Br. The number of hydrogen-bond acceptors (Lipinski definition) is 3. The molecule has 4 nitrogen and oxygen atoms in total. The van der Waals surface area contributed by atoms with Crippen molar-refractivity contribution in [3.05, 3.63) is 22.3 Å². The Morgan fingerprint density at radius 1 is 1.14 bits per heavy atom. The standard InChI is InChI=1S/C16H19BrN2O2/c1-11-12(17)6-7-13(18-11)19-14(20)10-16(15(19)21)8-4-2-3-5-9-16/h6-7H,2-5,8-10H2,1H3. The zero-order valence-electron chi connectivity index (χ0n) is 12.2. The number of pyridine rings is 1. The molecule has 0 atom stereocenters. The first-order valence-electron chi connectivity index (χ1n) is 7.54. The molecule has 1 aromatic rings. The van der Waals surface area contributed by atoms with Crippen LogP contribution in [0.15, 0.2) is 16.6 Å². The molecule has 2 fully saturated rings. The third-order valence-electron chi connectivity index (χ3n) is 4.69. The lowest BCUT2D eigenvalue weighted by Gasteiger charge is -2.24. The smallest absolute Gasteiger partial charge is 0.241 e. The van der Waals surface area contributed by atoms with Crippen molar-refractivity contribution < 1.29 is 9.59 Å². The summed E-state index contributed by atoms with van der Waals surface area (Å²) in [6.07, 6.45) is 6.44. The first-order chi connectivity index (χ1) is 10.0. The summed E-state index contributed by atoms with van der Waals surface area (Å²) in [5.41, 5.74) is 0.325. The monoisotopic (exact) mass is 350 g/mol. The fraction of sp³-hybridized carbons (Fsp3) is 0.562. The van der Waals surface area contributed by atoms with E-state index in [2.05, 4.69) is 20.9 Å². The summed E-state index contributed by atoms with van der Waals surface area (Å²) in [6, 6.07) is 3.58. The lowest BCUT2D eigenvalue weighted by molar-refractivity contribution is -0.126. The predicted octanol–water partition coefficient (Wildman–Crippen LogP) is 3.76. The Labute approximate surface area is 133 Å². The molecule has 0 N–H and O–H groups in total. The van der Waals surface area contributed by atoms with Crippen molar-refractivity contribution in [1.29, 1.82) is 0 Å². The minimum atomic E-state index is -0.462. The molecule has 112 valence electrons. The number of aryl methyl sites for hydroxylation is 1. The van der Waals surface area contributed by atoms with Gasteiger partial charge in [-0.25, -0.2) is 9.88 Å². The van der Waals surface area contributed by atoms with Crippen LogP contribution in [0.5, 0.6) is 0 Å². The summed E-state index contributed by atoms with van der Waals surface area (Å²) in [7, 11) is 0. The average Bonchev–Trinajstić information content (AvgIpc) is 2.61. The van der Waals surface area contributed by atoms with Crippen LogP contribution < -0.4 is 4.90 Å². The maximum atomic E-state index is 12.9. The van der Waals surface area contributed by atoms with Gasteiger partial charge >= 0.3 is 0 Å². The normalized spacial score (nSPS) is 21.9. The van der Waals surface area contributed by atoms with Crippen LogP contribution in [-0.4, -0.2) is 16.8 Å². The molecule has 2 aliphatic rings. The second kappa shape index (κ2) is 5.52. The number of imide groups is 1. The van der Waals surface area contributed by atoms with E-state index in [0.717, 1.165) is 35.8 Å². The largest absolute Gasteiger partial charge is 0.274 e. The first kappa shape index (κ1) is 14.7. The zero-order chi connectivity index (χ0) is 15.0. The molecule has 2 amide bonds. The Kier molecular flexibility index (Phi) is 3.86. The summed E-state index contributed by atoms with van der Waals surface area (Å²) in [5.74, 6) is 0.326. The molecule has 1 aliphatic heterocycles. The van der Waals surface area contributed by atoms with E-state index in [1.54, 1.807) is 6.07 Å². The molecular weight excluding hydrogens is 332 g/mol. The molecular formula is C16H19BrN2O2. The summed E-state index contributed by atoms with van der Waals surface area (Å²) >= 11 is 3.40. The van der Waals surface area contributed by atoms with Crippen molar-refractivity contribution in [2.75, 3.05) is 4.90 Å². The van der Waals surface area contributed by atoms with Gasteiger partial charge in [-0.05, 0) is 47.8 Å². The zero-order valence-corrected chi connectivity index (χ0v) is 13.8. The van der Waals surface area contributed by atoms with Gasteiger partial charge in [-0.2, -0.15) is 0 Å². The molecule has 1 saturated heterocycles. The minimum Gasteiger partial charge on any atom is -0.274 e. The Morgan fingerprint density at radius 2 is 1.81 bits per heavy atom. The number of carbonyl (C=O) groups is 2. The summed E-state index contributed by atoms with van der Waals surface area (Å²) in [5, 5.41) is 0. The van der Waals surface area contributed by atoms with Crippen molar-refractivity contribution in [1.82, 2.24) is 4.98 Å². The Hall–Kier alpha value is -1.23. The second-order valence-electron chi connectivity index (χ2n) is 6.14. The highest BCUT2D eigenvalue weighted by Gasteiger charge is 2.51. The summed E-state index contributed by atoms with van der Waals surface area (Å²) in [6.45, 7) is 1.86. The van der Waals surface area contributed by atoms with Crippen LogP contribution in [0, 0.1) is 12.3 Å². The van der Waals surface area contributed by atoms with Gasteiger partial charge in [0, 0.05) is 10.9 Å². The van der Waals surface area contributed by atoms with E-state index in [1.165, 1.54) is 17.7 Å². The highest BCUT2D eigenvalue weighted by Crippen LogP contribution is 2.45. The highest BCUT2D eigenvalue weighted by molar-refractivity contribution is 9.10. The molecule has 1 aliphatic carbocycles. The van der Waals surface area contributed by atoms with Gasteiger partial charge in [0.25, 0.3) is 0 Å². The summed E-state index contributed by atoms with van der Waals surface area (Å²) in [4.78, 5) is 31.0. The third-order valence-corrected chi connectivity index (χ3v) is 5.53. The minimum absolute atomic E-state index is 0.0383. The fourth-order valence-electron chi connectivity index (χ4n) is 3.48. The Balaban J connectivity index is 1.94. The van der Waals surface area contributed by atoms with E-state index in [1.807, 2.05) is 13.0 Å². The van der Waals surface area contributed by atoms with Crippen molar-refractivity contribution >= 4 is 33.6 Å². The molecule has 1 spiro atoms. The van der Waals surface area contributed by atoms with Crippen molar-refractivity contribution in [2.45, 2.75) is 51.9 Å². The lowest BCUT2D eigenvalue weighted by Crippen LogP contribution is -2.36. The number of nitrogens with zero attached hydrogens (tertiary/aromatic N) is 2. The van der Waals surface area contributed by atoms with Crippen molar-refractivity contribution in [2.24, 2.45) is 5.41 Å². The van der Waals surface area contributed by atoms with Gasteiger partial charge in [0.05, 0.1) is 11.1 Å². The van der Waals surface area contributed by atoms with Crippen LogP contribution in [-0.2, 0) is 9.59 Å². The first-order valence-corrected chi connectivity index (χ1v) is 8.33. The number of anilines is 1. The molecule has 21 heavy (non-hydrogen) atoms. The average molecular weight is 351 g/mol. The highest BCUT2D eigenvalue weighted by atomic mass is 79.9. The topological polar surface area (TPSA) is 50.3 Å². The second-order valence-corrected chi connectivity index (χ2v) is 7.00. The van der Waals surface area contributed by atoms with Gasteiger partial charge in [0.1, 0.15) is 5.82 Å². The number of amides is 2. The van der Waals surface area contributed by atoms with Gasteiger partial charge in [0.15, 0.2) is 0 Å². The maximum Gasteiger partial charge on any atom is 0.241 e. The van der Waals surface area contributed by atoms with Gasteiger partial charge in [-0.15, -0.1) is 0 Å². The van der Waals surface area contributed by atoms with E-state index in [0.29, 0.717) is 12.2 Å². The van der Waals surface area contributed by atoms with Crippen molar-refractivity contribution in [3.8, 4) is 0 Å². The molecule has 1 saturated carbocycles. The fourth-order valence-corrected chi connectivity index (χ4v) is 3.70. The van der Waals surface area contributed by atoms with Crippen LogP contribution in [0.4, 0.5) is 5.82 Å². The van der Waals surface area contributed by atoms with Crippen LogP contribution in [0.25, 0.3) is 0 Å². The number of halogens is 1. The number of rotatable bonds is 1. The molecule has 0 bridgehead atoms. The number of aromatic nitrogens is 1. The third kappa shape index (κ3) is 2.52. The molecule has 3 rings (SSSR count).